The molecule has 2 aromatic rings. The van der Waals surface area contributed by atoms with Gasteiger partial charge in [-0.2, -0.15) is 5.10 Å². The van der Waals surface area contributed by atoms with E-state index in [0.717, 1.165) is 16.8 Å². The van der Waals surface area contributed by atoms with E-state index in [-0.39, 0.29) is 0 Å². The van der Waals surface area contributed by atoms with Gasteiger partial charge in [0.25, 0.3) is 0 Å². The van der Waals surface area contributed by atoms with Crippen molar-refractivity contribution in [3.05, 3.63) is 42.0 Å². The average Bonchev–Trinajstić information content (AvgIpc) is 2.69. The molecule has 0 bridgehead atoms. The van der Waals surface area contributed by atoms with Gasteiger partial charge in [0, 0.05) is 5.56 Å². The fourth-order valence-corrected chi connectivity index (χ4v) is 1.54. The number of hydrogen-bond donors (Lipinski definition) is 1. The molecule has 1 heterocycles. The number of aryl methyl sites for hydroxylation is 1. The van der Waals surface area contributed by atoms with Gasteiger partial charge in [0.1, 0.15) is 17.6 Å². The van der Waals surface area contributed by atoms with E-state index in [2.05, 4.69) is 10.1 Å². The first-order chi connectivity index (χ1) is 7.18. The summed E-state index contributed by atoms with van der Waals surface area (Å²) in [6.07, 6.45) is 3.10. The zero-order chi connectivity index (χ0) is 10.8. The highest BCUT2D eigenvalue weighted by Crippen LogP contribution is 2.15. The molecule has 0 atom stereocenters. The van der Waals surface area contributed by atoms with Crippen molar-refractivity contribution in [3.8, 4) is 5.69 Å². The summed E-state index contributed by atoms with van der Waals surface area (Å²) >= 11 is 4.98. The van der Waals surface area contributed by atoms with Crippen molar-refractivity contribution in [2.24, 2.45) is 5.73 Å². The molecule has 0 aliphatic rings. The molecule has 5 heteroatoms. The van der Waals surface area contributed by atoms with E-state index < -0.39 is 0 Å². The number of thiocarbonyl (C=S) groups is 1. The largest absolute Gasteiger partial charge is 0.389 e. The molecule has 0 aliphatic heterocycles. The van der Waals surface area contributed by atoms with E-state index in [0.29, 0.717) is 4.99 Å². The van der Waals surface area contributed by atoms with Crippen molar-refractivity contribution in [1.29, 1.82) is 0 Å². The van der Waals surface area contributed by atoms with E-state index in [1.54, 1.807) is 11.0 Å². The van der Waals surface area contributed by atoms with Gasteiger partial charge in [0.2, 0.25) is 0 Å². The molecule has 0 saturated heterocycles. The quantitative estimate of drug-likeness (QED) is 0.770. The summed E-state index contributed by atoms with van der Waals surface area (Å²) in [7, 11) is 0. The third-order valence-electron chi connectivity index (χ3n) is 2.08. The summed E-state index contributed by atoms with van der Waals surface area (Å²) in [6.45, 7) is 2.00. The Morgan fingerprint density at radius 3 is 2.87 bits per heavy atom. The van der Waals surface area contributed by atoms with Crippen molar-refractivity contribution in [2.75, 3.05) is 0 Å². The minimum absolute atomic E-state index is 0.362. The molecular formula is C10H10N4S. The molecular weight excluding hydrogens is 208 g/mol. The molecule has 76 valence electrons. The molecule has 4 nitrogen and oxygen atoms in total. The molecule has 2 N–H and O–H groups in total. The molecule has 0 aliphatic carbocycles. The Kier molecular flexibility index (Phi) is 2.47. The van der Waals surface area contributed by atoms with Crippen molar-refractivity contribution in [1.82, 2.24) is 14.8 Å². The van der Waals surface area contributed by atoms with E-state index in [9.17, 15) is 0 Å². The zero-order valence-electron chi connectivity index (χ0n) is 8.21. The van der Waals surface area contributed by atoms with Crippen LogP contribution in [0, 0.1) is 6.92 Å². The first-order valence-corrected chi connectivity index (χ1v) is 4.85. The van der Waals surface area contributed by atoms with Crippen LogP contribution in [-0.2, 0) is 0 Å². The molecule has 0 fully saturated rings. The number of rotatable bonds is 2. The molecule has 0 spiro atoms. The lowest BCUT2D eigenvalue weighted by Crippen LogP contribution is -2.13. The zero-order valence-corrected chi connectivity index (χ0v) is 9.03. The van der Waals surface area contributed by atoms with Gasteiger partial charge >= 0.3 is 0 Å². The maximum absolute atomic E-state index is 5.64. The number of benzene rings is 1. The van der Waals surface area contributed by atoms with Crippen LogP contribution >= 0.6 is 12.2 Å². The van der Waals surface area contributed by atoms with Gasteiger partial charge in [-0.1, -0.05) is 18.3 Å². The Bertz CT molecular complexity index is 490. The lowest BCUT2D eigenvalue weighted by molar-refractivity contribution is 0.875. The Morgan fingerprint density at radius 1 is 1.47 bits per heavy atom. The van der Waals surface area contributed by atoms with E-state index in [1.165, 1.54) is 6.33 Å². The number of aromatic nitrogens is 3. The Hall–Kier alpha value is -1.75. The lowest BCUT2D eigenvalue weighted by atomic mass is 10.1. The molecule has 0 radical (unpaired) electrons. The second kappa shape index (κ2) is 3.78. The van der Waals surface area contributed by atoms with Crippen LogP contribution in [0.1, 0.15) is 11.1 Å². The third-order valence-corrected chi connectivity index (χ3v) is 2.30. The third kappa shape index (κ3) is 1.87. The summed E-state index contributed by atoms with van der Waals surface area (Å²) in [4.78, 5) is 4.26. The monoisotopic (exact) mass is 218 g/mol. The molecule has 15 heavy (non-hydrogen) atoms. The lowest BCUT2D eigenvalue weighted by Gasteiger charge is -2.08. The molecule has 0 unspecified atom stereocenters. The van der Waals surface area contributed by atoms with Gasteiger partial charge < -0.3 is 5.73 Å². The van der Waals surface area contributed by atoms with Crippen LogP contribution in [0.5, 0.6) is 0 Å². The highest BCUT2D eigenvalue weighted by atomic mass is 32.1. The summed E-state index contributed by atoms with van der Waals surface area (Å²) < 4.78 is 1.65. The Balaban J connectivity index is 2.63. The van der Waals surface area contributed by atoms with Crippen molar-refractivity contribution in [3.63, 3.8) is 0 Å². The Labute approximate surface area is 92.7 Å². The number of hydrogen-bond acceptors (Lipinski definition) is 3. The highest BCUT2D eigenvalue weighted by Gasteiger charge is 2.07. The second-order valence-electron chi connectivity index (χ2n) is 3.22. The summed E-state index contributed by atoms with van der Waals surface area (Å²) in [5.74, 6) is 0. The van der Waals surface area contributed by atoms with Gasteiger partial charge in [-0.05, 0) is 24.6 Å². The average molecular weight is 218 g/mol. The maximum Gasteiger partial charge on any atom is 0.138 e. The number of nitrogens with zero attached hydrogens (tertiary/aromatic N) is 3. The van der Waals surface area contributed by atoms with Crippen LogP contribution in [-0.4, -0.2) is 19.8 Å². The summed E-state index contributed by atoms with van der Waals surface area (Å²) in [5.41, 5.74) is 8.43. The molecule has 1 aromatic heterocycles. The second-order valence-corrected chi connectivity index (χ2v) is 3.66. The van der Waals surface area contributed by atoms with Gasteiger partial charge in [-0.25, -0.2) is 9.67 Å². The van der Waals surface area contributed by atoms with Crippen LogP contribution < -0.4 is 5.73 Å². The van der Waals surface area contributed by atoms with E-state index >= 15 is 0 Å². The minimum atomic E-state index is 0.362. The Morgan fingerprint density at radius 2 is 2.27 bits per heavy atom. The fraction of sp³-hybridized carbons (Fsp3) is 0.100. The molecule has 2 rings (SSSR count). The van der Waals surface area contributed by atoms with Crippen LogP contribution in [0.4, 0.5) is 0 Å². The van der Waals surface area contributed by atoms with Gasteiger partial charge in [0.05, 0.1) is 5.69 Å². The number of nitrogens with two attached hydrogens (primary N) is 1. The standard InChI is InChI=1S/C10H10N4S/c1-7-2-3-8(10(11)15)9(4-7)14-6-12-5-13-14/h2-6H,1H3,(H2,11,15). The minimum Gasteiger partial charge on any atom is -0.389 e. The van der Waals surface area contributed by atoms with Gasteiger partial charge in [-0.15, -0.1) is 0 Å². The van der Waals surface area contributed by atoms with Crippen LogP contribution in [0.3, 0.4) is 0 Å². The first-order valence-electron chi connectivity index (χ1n) is 4.44. The van der Waals surface area contributed by atoms with E-state index in [1.807, 2.05) is 25.1 Å². The van der Waals surface area contributed by atoms with Crippen molar-refractivity contribution in [2.45, 2.75) is 6.92 Å². The SMILES string of the molecule is Cc1ccc(C(N)=S)c(-n2cncn2)c1. The van der Waals surface area contributed by atoms with Gasteiger partial charge in [0.15, 0.2) is 0 Å². The molecule has 0 amide bonds. The van der Waals surface area contributed by atoms with E-state index in [4.69, 9.17) is 18.0 Å². The molecule has 1 aromatic carbocycles. The summed E-state index contributed by atoms with van der Waals surface area (Å²) in [6, 6.07) is 5.84. The first kappa shape index (κ1) is 9.79. The van der Waals surface area contributed by atoms with Crippen molar-refractivity contribution >= 4 is 17.2 Å². The van der Waals surface area contributed by atoms with Crippen LogP contribution in [0.25, 0.3) is 5.69 Å². The molecule has 0 saturated carbocycles. The fourth-order valence-electron chi connectivity index (χ4n) is 1.37. The maximum atomic E-state index is 5.64. The predicted molar refractivity (Wildman–Crippen MR) is 62.0 cm³/mol. The normalized spacial score (nSPS) is 10.2. The highest BCUT2D eigenvalue weighted by molar-refractivity contribution is 7.80. The van der Waals surface area contributed by atoms with Crippen molar-refractivity contribution < 1.29 is 0 Å². The topological polar surface area (TPSA) is 56.7 Å². The van der Waals surface area contributed by atoms with Crippen LogP contribution in [0.2, 0.25) is 0 Å². The van der Waals surface area contributed by atoms with Crippen LogP contribution in [0.15, 0.2) is 30.9 Å². The predicted octanol–water partition coefficient (Wildman–Crippen LogP) is 1.21. The smallest absolute Gasteiger partial charge is 0.138 e. The summed E-state index contributed by atoms with van der Waals surface area (Å²) in [5, 5.41) is 4.06. The van der Waals surface area contributed by atoms with Gasteiger partial charge in [-0.3, -0.25) is 0 Å².